The Balaban J connectivity index is 2.91. The molecule has 1 heteroatoms. The van der Waals surface area contributed by atoms with Crippen LogP contribution in [0, 0.1) is 11.8 Å². The van der Waals surface area contributed by atoms with E-state index in [2.05, 4.69) is 33.0 Å². The molecule has 0 fully saturated rings. The Bertz CT molecular complexity index is 75.0. The molecule has 0 saturated heterocycles. The second-order valence-electron chi connectivity index (χ2n) is 4.47. The Morgan fingerprint density at radius 1 is 0.833 bits per heavy atom. The maximum Gasteiger partial charge on any atom is -0.00465 e. The zero-order valence-corrected chi connectivity index (χ0v) is 9.19. The molecule has 12 heavy (non-hydrogen) atoms. The van der Waals surface area contributed by atoms with E-state index >= 15 is 0 Å². The van der Waals surface area contributed by atoms with E-state index in [1.165, 1.54) is 32.4 Å². The van der Waals surface area contributed by atoms with Crippen LogP contribution in [0.1, 0.15) is 47.0 Å². The molecule has 0 aliphatic carbocycles. The van der Waals surface area contributed by atoms with Crippen LogP contribution < -0.4 is 5.32 Å². The molecule has 0 bridgehead atoms. The van der Waals surface area contributed by atoms with E-state index < -0.39 is 0 Å². The van der Waals surface area contributed by atoms with E-state index in [1.807, 2.05) is 0 Å². The molecule has 0 aliphatic rings. The summed E-state index contributed by atoms with van der Waals surface area (Å²) in [5.74, 6) is 1.69. The third-order valence-corrected chi connectivity index (χ3v) is 2.03. The fraction of sp³-hybridized carbons (Fsp3) is 1.00. The monoisotopic (exact) mass is 171 g/mol. The van der Waals surface area contributed by atoms with Crippen LogP contribution in [0.4, 0.5) is 0 Å². The summed E-state index contributed by atoms with van der Waals surface area (Å²) in [5, 5.41) is 3.47. The summed E-state index contributed by atoms with van der Waals surface area (Å²) in [6.45, 7) is 11.5. The van der Waals surface area contributed by atoms with E-state index in [9.17, 15) is 0 Å². The molecular weight excluding hydrogens is 146 g/mol. The lowest BCUT2D eigenvalue weighted by molar-refractivity contribution is 0.498. The molecule has 0 saturated carbocycles. The molecule has 1 N–H and O–H groups in total. The first-order valence-corrected chi connectivity index (χ1v) is 5.33. The van der Waals surface area contributed by atoms with Gasteiger partial charge in [0.2, 0.25) is 0 Å². The van der Waals surface area contributed by atoms with E-state index in [-0.39, 0.29) is 0 Å². The topological polar surface area (TPSA) is 12.0 Å². The highest BCUT2D eigenvalue weighted by atomic mass is 14.8. The molecule has 0 unspecified atom stereocenters. The molecule has 0 aromatic carbocycles. The van der Waals surface area contributed by atoms with Gasteiger partial charge < -0.3 is 5.32 Å². The summed E-state index contributed by atoms with van der Waals surface area (Å²) in [5.41, 5.74) is 0. The van der Waals surface area contributed by atoms with Crippen molar-refractivity contribution in [1.82, 2.24) is 5.32 Å². The highest BCUT2D eigenvalue weighted by Gasteiger charge is 1.94. The number of nitrogens with one attached hydrogen (secondary N) is 1. The SMILES string of the molecule is CC(C)CCCNCCC(C)C. The molecule has 1 nitrogen and oxygen atoms in total. The van der Waals surface area contributed by atoms with Gasteiger partial charge in [-0.15, -0.1) is 0 Å². The maximum atomic E-state index is 3.47. The molecule has 74 valence electrons. The van der Waals surface area contributed by atoms with E-state index in [1.54, 1.807) is 0 Å². The quantitative estimate of drug-likeness (QED) is 0.580. The van der Waals surface area contributed by atoms with Crippen LogP contribution in [0.5, 0.6) is 0 Å². The van der Waals surface area contributed by atoms with Crippen molar-refractivity contribution >= 4 is 0 Å². The van der Waals surface area contributed by atoms with Gasteiger partial charge in [-0.25, -0.2) is 0 Å². The van der Waals surface area contributed by atoms with E-state index in [4.69, 9.17) is 0 Å². The zero-order valence-electron chi connectivity index (χ0n) is 9.19. The van der Waals surface area contributed by atoms with Crippen LogP contribution in [0.15, 0.2) is 0 Å². The molecule has 0 atom stereocenters. The Morgan fingerprint density at radius 2 is 1.42 bits per heavy atom. The van der Waals surface area contributed by atoms with Crippen molar-refractivity contribution in [1.29, 1.82) is 0 Å². The lowest BCUT2D eigenvalue weighted by Crippen LogP contribution is -2.18. The van der Waals surface area contributed by atoms with Crippen molar-refractivity contribution in [3.05, 3.63) is 0 Å². The van der Waals surface area contributed by atoms with Crippen molar-refractivity contribution < 1.29 is 0 Å². The van der Waals surface area contributed by atoms with Crippen molar-refractivity contribution in [3.8, 4) is 0 Å². The first-order valence-electron chi connectivity index (χ1n) is 5.33. The van der Waals surface area contributed by atoms with Gasteiger partial charge in [-0.05, 0) is 44.2 Å². The summed E-state index contributed by atoms with van der Waals surface area (Å²) in [6.07, 6.45) is 3.99. The Hall–Kier alpha value is -0.0400. The smallest absolute Gasteiger partial charge is 0.00465 e. The largest absolute Gasteiger partial charge is 0.317 e. The minimum absolute atomic E-state index is 0.836. The first kappa shape index (κ1) is 12.0. The maximum absolute atomic E-state index is 3.47. The van der Waals surface area contributed by atoms with Crippen LogP contribution in [-0.4, -0.2) is 13.1 Å². The lowest BCUT2D eigenvalue weighted by Gasteiger charge is -2.07. The summed E-state index contributed by atoms with van der Waals surface area (Å²) in [4.78, 5) is 0. The molecule has 0 aromatic heterocycles. The summed E-state index contributed by atoms with van der Waals surface area (Å²) >= 11 is 0. The lowest BCUT2D eigenvalue weighted by atomic mass is 10.1. The van der Waals surface area contributed by atoms with E-state index in [0.29, 0.717) is 0 Å². The van der Waals surface area contributed by atoms with Gasteiger partial charge in [0.1, 0.15) is 0 Å². The average Bonchev–Trinajstić information content (AvgIpc) is 1.95. The van der Waals surface area contributed by atoms with Crippen molar-refractivity contribution in [2.45, 2.75) is 47.0 Å². The van der Waals surface area contributed by atoms with Gasteiger partial charge in [-0.1, -0.05) is 27.7 Å². The molecule has 0 radical (unpaired) electrons. The molecular formula is C11H25N. The van der Waals surface area contributed by atoms with Crippen molar-refractivity contribution in [2.75, 3.05) is 13.1 Å². The van der Waals surface area contributed by atoms with Crippen LogP contribution >= 0.6 is 0 Å². The third kappa shape index (κ3) is 9.96. The molecule has 0 rings (SSSR count). The summed E-state index contributed by atoms with van der Waals surface area (Å²) in [7, 11) is 0. The molecule has 0 aromatic rings. The summed E-state index contributed by atoms with van der Waals surface area (Å²) in [6, 6.07) is 0. The van der Waals surface area contributed by atoms with E-state index in [0.717, 1.165) is 11.8 Å². The predicted octanol–water partition coefficient (Wildman–Crippen LogP) is 3.06. The van der Waals surface area contributed by atoms with Gasteiger partial charge in [-0.3, -0.25) is 0 Å². The van der Waals surface area contributed by atoms with Crippen LogP contribution in [0.3, 0.4) is 0 Å². The van der Waals surface area contributed by atoms with Crippen molar-refractivity contribution in [2.24, 2.45) is 11.8 Å². The van der Waals surface area contributed by atoms with Crippen molar-refractivity contribution in [3.63, 3.8) is 0 Å². The van der Waals surface area contributed by atoms with Gasteiger partial charge >= 0.3 is 0 Å². The third-order valence-electron chi connectivity index (χ3n) is 2.03. The van der Waals surface area contributed by atoms with Gasteiger partial charge in [0.15, 0.2) is 0 Å². The molecule has 0 heterocycles. The number of rotatable bonds is 7. The van der Waals surface area contributed by atoms with Crippen LogP contribution in [0.25, 0.3) is 0 Å². The Kier molecular flexibility index (Phi) is 7.58. The Morgan fingerprint density at radius 3 is 1.92 bits per heavy atom. The Labute approximate surface area is 77.9 Å². The average molecular weight is 171 g/mol. The van der Waals surface area contributed by atoms with Gasteiger partial charge in [0.05, 0.1) is 0 Å². The molecule has 0 aliphatic heterocycles. The minimum Gasteiger partial charge on any atom is -0.317 e. The number of hydrogen-bond acceptors (Lipinski definition) is 1. The summed E-state index contributed by atoms with van der Waals surface area (Å²) < 4.78 is 0. The fourth-order valence-electron chi connectivity index (χ4n) is 1.15. The number of hydrogen-bond donors (Lipinski definition) is 1. The second-order valence-corrected chi connectivity index (χ2v) is 4.47. The normalized spacial score (nSPS) is 11.5. The highest BCUT2D eigenvalue weighted by Crippen LogP contribution is 2.02. The predicted molar refractivity (Wildman–Crippen MR) is 56.4 cm³/mol. The van der Waals surface area contributed by atoms with Crippen LogP contribution in [-0.2, 0) is 0 Å². The highest BCUT2D eigenvalue weighted by molar-refractivity contribution is 4.52. The minimum atomic E-state index is 0.836. The van der Waals surface area contributed by atoms with Crippen LogP contribution in [0.2, 0.25) is 0 Å². The van der Waals surface area contributed by atoms with Gasteiger partial charge in [-0.2, -0.15) is 0 Å². The van der Waals surface area contributed by atoms with Gasteiger partial charge in [0.25, 0.3) is 0 Å². The zero-order chi connectivity index (χ0) is 9.40. The molecule has 0 spiro atoms. The molecule has 0 amide bonds. The van der Waals surface area contributed by atoms with Gasteiger partial charge in [0, 0.05) is 0 Å². The first-order chi connectivity index (χ1) is 5.63. The standard InChI is InChI=1S/C11H25N/c1-10(2)6-5-8-12-9-7-11(3)4/h10-12H,5-9H2,1-4H3. The second kappa shape index (κ2) is 7.60. The fourth-order valence-corrected chi connectivity index (χ4v) is 1.15.